The highest BCUT2D eigenvalue weighted by atomic mass is 16.4. The molecule has 1 aromatic carbocycles. The van der Waals surface area contributed by atoms with E-state index >= 15 is 0 Å². The number of aliphatic hydroxyl groups excluding tert-OH is 2. The highest BCUT2D eigenvalue weighted by Crippen LogP contribution is 2.27. The molecule has 7 heteroatoms. The summed E-state index contributed by atoms with van der Waals surface area (Å²) in [6, 6.07) is 3.21. The molecular weight excluding hydrogens is 238 g/mol. The zero-order chi connectivity index (χ0) is 13.1. The Labute approximate surface area is 102 Å². The number of aromatic amines is 1. The molecule has 0 saturated carbocycles. The molecule has 2 aromatic rings. The Morgan fingerprint density at radius 1 is 1.28 bits per heavy atom. The van der Waals surface area contributed by atoms with E-state index in [9.17, 15) is 4.79 Å². The molecule has 1 heterocycles. The summed E-state index contributed by atoms with van der Waals surface area (Å²) >= 11 is 0. The maximum absolute atomic E-state index is 11.1. The first kappa shape index (κ1) is 12.5. The number of hydrogen-bond acceptors (Lipinski definition) is 6. The van der Waals surface area contributed by atoms with Gasteiger partial charge < -0.3 is 25.3 Å². The van der Waals surface area contributed by atoms with Crippen LogP contribution < -0.4 is 16.4 Å². The second-order valence-corrected chi connectivity index (χ2v) is 3.86. The standard InChI is InChI=1S/C11H15N3O4/c12-7-5-10-8(13-11(17)18-10)6-9(7)14(1-3-15)2-4-16/h5-6,15-16H,1-4,12H2,(H,13,17). The van der Waals surface area contributed by atoms with Crippen molar-refractivity contribution >= 4 is 22.5 Å². The third-order valence-corrected chi connectivity index (χ3v) is 2.65. The van der Waals surface area contributed by atoms with Crippen LogP contribution in [0.1, 0.15) is 0 Å². The van der Waals surface area contributed by atoms with Crippen molar-refractivity contribution in [1.29, 1.82) is 0 Å². The number of nitrogens with one attached hydrogen (secondary N) is 1. The highest BCUT2D eigenvalue weighted by Gasteiger charge is 2.12. The van der Waals surface area contributed by atoms with Gasteiger partial charge in [0, 0.05) is 19.2 Å². The largest absolute Gasteiger partial charge is 0.417 e. The number of nitrogens with two attached hydrogens (primary N) is 1. The molecule has 0 radical (unpaired) electrons. The van der Waals surface area contributed by atoms with E-state index in [1.54, 1.807) is 17.0 Å². The van der Waals surface area contributed by atoms with Gasteiger partial charge in [-0.25, -0.2) is 4.79 Å². The molecule has 0 aliphatic rings. The molecule has 0 unspecified atom stereocenters. The van der Waals surface area contributed by atoms with Crippen LogP contribution in [0.5, 0.6) is 0 Å². The number of aliphatic hydroxyl groups is 2. The van der Waals surface area contributed by atoms with Gasteiger partial charge >= 0.3 is 5.76 Å². The maximum atomic E-state index is 11.1. The quantitative estimate of drug-likeness (QED) is 0.534. The summed E-state index contributed by atoms with van der Waals surface area (Å²) in [6.07, 6.45) is 0. The van der Waals surface area contributed by atoms with Crippen molar-refractivity contribution < 1.29 is 14.6 Å². The highest BCUT2D eigenvalue weighted by molar-refractivity contribution is 5.85. The van der Waals surface area contributed by atoms with Crippen LogP contribution in [0.15, 0.2) is 21.3 Å². The summed E-state index contributed by atoms with van der Waals surface area (Å²) in [5.74, 6) is -0.544. The van der Waals surface area contributed by atoms with E-state index in [4.69, 9.17) is 20.4 Å². The van der Waals surface area contributed by atoms with Gasteiger partial charge in [0.1, 0.15) is 0 Å². The van der Waals surface area contributed by atoms with Crippen molar-refractivity contribution in [2.45, 2.75) is 0 Å². The Morgan fingerprint density at radius 2 is 1.94 bits per heavy atom. The fraction of sp³-hybridized carbons (Fsp3) is 0.364. The van der Waals surface area contributed by atoms with E-state index < -0.39 is 5.76 Å². The molecule has 0 saturated heterocycles. The number of rotatable bonds is 5. The number of nitrogen functional groups attached to an aromatic ring is 1. The van der Waals surface area contributed by atoms with Crippen molar-refractivity contribution in [3.05, 3.63) is 22.7 Å². The van der Waals surface area contributed by atoms with Crippen LogP contribution in [0, 0.1) is 0 Å². The van der Waals surface area contributed by atoms with Gasteiger partial charge in [0.05, 0.1) is 30.1 Å². The molecule has 0 fully saturated rings. The minimum absolute atomic E-state index is 0.0562. The number of H-pyrrole nitrogens is 1. The van der Waals surface area contributed by atoms with E-state index in [1.807, 2.05) is 0 Å². The number of aromatic nitrogens is 1. The van der Waals surface area contributed by atoms with Crippen LogP contribution in [0.2, 0.25) is 0 Å². The minimum Gasteiger partial charge on any atom is -0.408 e. The summed E-state index contributed by atoms with van der Waals surface area (Å²) in [5, 5.41) is 18.0. The van der Waals surface area contributed by atoms with E-state index in [1.165, 1.54) is 0 Å². The molecule has 0 bridgehead atoms. The number of anilines is 2. The number of benzene rings is 1. The summed E-state index contributed by atoms with van der Waals surface area (Å²) in [4.78, 5) is 15.3. The molecule has 0 amide bonds. The second-order valence-electron chi connectivity index (χ2n) is 3.86. The molecule has 0 aliphatic heterocycles. The lowest BCUT2D eigenvalue weighted by Gasteiger charge is -2.24. The molecule has 0 spiro atoms. The van der Waals surface area contributed by atoms with Crippen LogP contribution in [0.3, 0.4) is 0 Å². The van der Waals surface area contributed by atoms with Crippen molar-refractivity contribution in [3.8, 4) is 0 Å². The normalized spacial score (nSPS) is 11.0. The molecule has 5 N–H and O–H groups in total. The Morgan fingerprint density at radius 3 is 2.56 bits per heavy atom. The van der Waals surface area contributed by atoms with Crippen LogP contribution in [0.4, 0.5) is 11.4 Å². The fourth-order valence-electron chi connectivity index (χ4n) is 1.87. The zero-order valence-electron chi connectivity index (χ0n) is 9.72. The lowest BCUT2D eigenvalue weighted by Crippen LogP contribution is -2.30. The van der Waals surface area contributed by atoms with Gasteiger partial charge in [-0.05, 0) is 6.07 Å². The third-order valence-electron chi connectivity index (χ3n) is 2.65. The predicted octanol–water partition coefficient (Wildman–Crippen LogP) is -0.506. The molecular formula is C11H15N3O4. The van der Waals surface area contributed by atoms with Crippen LogP contribution in [0.25, 0.3) is 11.1 Å². The lowest BCUT2D eigenvalue weighted by atomic mass is 10.2. The number of hydrogen-bond donors (Lipinski definition) is 4. The van der Waals surface area contributed by atoms with Crippen LogP contribution in [-0.4, -0.2) is 41.5 Å². The zero-order valence-corrected chi connectivity index (χ0v) is 9.72. The lowest BCUT2D eigenvalue weighted by molar-refractivity contribution is 0.281. The van der Waals surface area contributed by atoms with Gasteiger partial charge in [0.25, 0.3) is 0 Å². The second kappa shape index (κ2) is 5.11. The third kappa shape index (κ3) is 2.31. The molecule has 18 heavy (non-hydrogen) atoms. The van der Waals surface area contributed by atoms with Crippen molar-refractivity contribution in [2.24, 2.45) is 0 Å². The molecule has 0 aliphatic carbocycles. The van der Waals surface area contributed by atoms with Crippen LogP contribution >= 0.6 is 0 Å². The minimum atomic E-state index is -0.544. The Hall–Kier alpha value is -1.99. The van der Waals surface area contributed by atoms with Gasteiger partial charge in [-0.2, -0.15) is 0 Å². The van der Waals surface area contributed by atoms with E-state index in [0.29, 0.717) is 35.6 Å². The number of oxazole rings is 1. The summed E-state index contributed by atoms with van der Waals surface area (Å²) in [7, 11) is 0. The van der Waals surface area contributed by atoms with Gasteiger partial charge in [0.2, 0.25) is 0 Å². The summed E-state index contributed by atoms with van der Waals surface area (Å²) < 4.78 is 4.89. The average Bonchev–Trinajstić information content (AvgIpc) is 2.67. The Balaban J connectivity index is 2.47. The smallest absolute Gasteiger partial charge is 0.408 e. The van der Waals surface area contributed by atoms with Crippen molar-refractivity contribution in [2.75, 3.05) is 36.9 Å². The molecule has 7 nitrogen and oxygen atoms in total. The monoisotopic (exact) mass is 253 g/mol. The molecule has 0 atom stereocenters. The van der Waals surface area contributed by atoms with Crippen molar-refractivity contribution in [3.63, 3.8) is 0 Å². The number of fused-ring (bicyclic) bond motifs is 1. The predicted molar refractivity (Wildman–Crippen MR) is 67.6 cm³/mol. The van der Waals surface area contributed by atoms with E-state index in [0.717, 1.165) is 0 Å². The average molecular weight is 253 g/mol. The van der Waals surface area contributed by atoms with Crippen LogP contribution in [-0.2, 0) is 0 Å². The first-order valence-corrected chi connectivity index (χ1v) is 5.54. The van der Waals surface area contributed by atoms with Gasteiger partial charge in [-0.15, -0.1) is 0 Å². The number of nitrogens with zero attached hydrogens (tertiary/aromatic N) is 1. The van der Waals surface area contributed by atoms with Crippen molar-refractivity contribution in [1.82, 2.24) is 4.98 Å². The molecule has 98 valence electrons. The van der Waals surface area contributed by atoms with Gasteiger partial charge in [-0.3, -0.25) is 4.98 Å². The molecule has 2 rings (SSSR count). The van der Waals surface area contributed by atoms with E-state index in [-0.39, 0.29) is 13.2 Å². The SMILES string of the molecule is Nc1cc2oc(=O)[nH]c2cc1N(CCO)CCO. The topological polar surface area (TPSA) is 116 Å². The first-order valence-electron chi connectivity index (χ1n) is 5.54. The molecule has 1 aromatic heterocycles. The van der Waals surface area contributed by atoms with Gasteiger partial charge in [0.15, 0.2) is 5.58 Å². The summed E-state index contributed by atoms with van der Waals surface area (Å²) in [5.41, 5.74) is 7.86. The van der Waals surface area contributed by atoms with Gasteiger partial charge in [-0.1, -0.05) is 0 Å². The fourth-order valence-corrected chi connectivity index (χ4v) is 1.87. The van der Waals surface area contributed by atoms with E-state index in [2.05, 4.69) is 4.98 Å². The summed E-state index contributed by atoms with van der Waals surface area (Å²) in [6.45, 7) is 0.579. The maximum Gasteiger partial charge on any atom is 0.417 e. The Kier molecular flexibility index (Phi) is 3.54. The Bertz CT molecular complexity index is 583. The first-order chi connectivity index (χ1) is 8.65.